The van der Waals surface area contributed by atoms with Crippen molar-refractivity contribution in [2.45, 2.75) is 12.3 Å². The second-order valence-corrected chi connectivity index (χ2v) is 5.32. The van der Waals surface area contributed by atoms with E-state index in [0.717, 1.165) is 0 Å². The largest absolute Gasteiger partial charge is 0.493 e. The van der Waals surface area contributed by atoms with Gasteiger partial charge in [0.1, 0.15) is 5.82 Å². The average Bonchev–Trinajstić information content (AvgIpc) is 2.53. The molecule has 2 aromatic carbocycles. The van der Waals surface area contributed by atoms with Crippen LogP contribution >= 0.6 is 11.6 Å². The summed E-state index contributed by atoms with van der Waals surface area (Å²) in [4.78, 5) is 11.6. The highest BCUT2D eigenvalue weighted by Crippen LogP contribution is 2.33. The maximum absolute atomic E-state index is 13.9. The Hall–Kier alpha value is -2.27. The first-order chi connectivity index (χ1) is 11.0. The Bertz CT molecular complexity index is 697. The van der Waals surface area contributed by atoms with E-state index in [0.29, 0.717) is 17.1 Å². The molecule has 4 nitrogen and oxygen atoms in total. The van der Waals surface area contributed by atoms with E-state index in [-0.39, 0.29) is 17.0 Å². The molecule has 0 aliphatic rings. The Labute approximate surface area is 138 Å². The van der Waals surface area contributed by atoms with Crippen LogP contribution in [0.5, 0.6) is 11.5 Å². The van der Waals surface area contributed by atoms with E-state index >= 15 is 0 Å². The Morgan fingerprint density at radius 3 is 2.48 bits per heavy atom. The minimum Gasteiger partial charge on any atom is -0.493 e. The summed E-state index contributed by atoms with van der Waals surface area (Å²) in [5.74, 6) is -1.65. The monoisotopic (exact) mass is 338 g/mol. The molecule has 1 unspecified atom stereocenters. The van der Waals surface area contributed by atoms with Crippen molar-refractivity contribution in [1.29, 1.82) is 0 Å². The van der Waals surface area contributed by atoms with Crippen LogP contribution in [-0.4, -0.2) is 25.3 Å². The van der Waals surface area contributed by atoms with Gasteiger partial charge in [-0.2, -0.15) is 0 Å². The summed E-state index contributed by atoms with van der Waals surface area (Å²) >= 11 is 5.99. The third-order valence-electron chi connectivity index (χ3n) is 3.58. The number of ether oxygens (including phenoxy) is 2. The fraction of sp³-hybridized carbons (Fsp3) is 0.235. The molecule has 122 valence electrons. The molecule has 0 aliphatic heterocycles. The van der Waals surface area contributed by atoms with Crippen LogP contribution in [0.2, 0.25) is 5.02 Å². The second-order valence-electron chi connectivity index (χ2n) is 4.91. The highest BCUT2D eigenvalue weighted by Gasteiger charge is 2.24. The molecule has 0 saturated heterocycles. The molecule has 2 rings (SSSR count). The predicted octanol–water partition coefficient (Wildman–Crippen LogP) is 3.91. The highest BCUT2D eigenvalue weighted by atomic mass is 35.5. The Morgan fingerprint density at radius 1 is 1.22 bits per heavy atom. The molecule has 2 aromatic rings. The molecule has 1 N–H and O–H groups in total. The molecule has 0 aliphatic carbocycles. The first kappa shape index (κ1) is 17.1. The number of hydrogen-bond donors (Lipinski definition) is 1. The van der Waals surface area contributed by atoms with Crippen LogP contribution in [0.15, 0.2) is 36.4 Å². The maximum Gasteiger partial charge on any atom is 0.311 e. The first-order valence-electron chi connectivity index (χ1n) is 6.85. The van der Waals surface area contributed by atoms with Gasteiger partial charge in [-0.25, -0.2) is 4.39 Å². The SMILES string of the molecule is COc1ccc(C(Cc2c(F)cccc2Cl)C(=O)O)cc1OC. The van der Waals surface area contributed by atoms with Crippen molar-refractivity contribution in [2.24, 2.45) is 0 Å². The predicted molar refractivity (Wildman–Crippen MR) is 85.0 cm³/mol. The average molecular weight is 339 g/mol. The first-order valence-corrected chi connectivity index (χ1v) is 7.23. The van der Waals surface area contributed by atoms with E-state index in [4.69, 9.17) is 21.1 Å². The number of carbonyl (C=O) groups is 1. The van der Waals surface area contributed by atoms with Crippen LogP contribution in [0.3, 0.4) is 0 Å². The van der Waals surface area contributed by atoms with Gasteiger partial charge < -0.3 is 14.6 Å². The smallest absolute Gasteiger partial charge is 0.311 e. The van der Waals surface area contributed by atoms with Gasteiger partial charge in [-0.05, 0) is 36.2 Å². The van der Waals surface area contributed by atoms with Crippen molar-refractivity contribution in [3.8, 4) is 11.5 Å². The minimum absolute atomic E-state index is 0.0592. The number of benzene rings is 2. The number of rotatable bonds is 6. The molecular weight excluding hydrogens is 323 g/mol. The van der Waals surface area contributed by atoms with E-state index in [1.807, 2.05) is 0 Å². The van der Waals surface area contributed by atoms with Gasteiger partial charge in [0.15, 0.2) is 11.5 Å². The minimum atomic E-state index is -1.07. The summed E-state index contributed by atoms with van der Waals surface area (Å²) < 4.78 is 24.3. The van der Waals surface area contributed by atoms with Crippen molar-refractivity contribution < 1.29 is 23.8 Å². The van der Waals surface area contributed by atoms with Crippen molar-refractivity contribution in [2.75, 3.05) is 14.2 Å². The molecule has 0 saturated carbocycles. The van der Waals surface area contributed by atoms with E-state index in [9.17, 15) is 14.3 Å². The summed E-state index contributed by atoms with van der Waals surface area (Å²) in [6, 6.07) is 9.09. The van der Waals surface area contributed by atoms with Gasteiger partial charge in [-0.15, -0.1) is 0 Å². The highest BCUT2D eigenvalue weighted by molar-refractivity contribution is 6.31. The van der Waals surface area contributed by atoms with Crippen LogP contribution in [-0.2, 0) is 11.2 Å². The molecule has 0 amide bonds. The molecule has 1 atom stereocenters. The maximum atomic E-state index is 13.9. The fourth-order valence-corrected chi connectivity index (χ4v) is 2.59. The molecule has 6 heteroatoms. The molecule has 0 radical (unpaired) electrons. The molecular formula is C17H16ClFO4. The zero-order valence-electron chi connectivity index (χ0n) is 12.7. The van der Waals surface area contributed by atoms with Crippen LogP contribution < -0.4 is 9.47 Å². The Kier molecular flexibility index (Phi) is 5.45. The third-order valence-corrected chi connectivity index (χ3v) is 3.93. The van der Waals surface area contributed by atoms with E-state index in [1.54, 1.807) is 18.2 Å². The number of methoxy groups -OCH3 is 2. The Balaban J connectivity index is 2.41. The number of aliphatic carboxylic acids is 1. The van der Waals surface area contributed by atoms with Crippen LogP contribution in [0.1, 0.15) is 17.0 Å². The summed E-state index contributed by atoms with van der Waals surface area (Å²) in [6.07, 6.45) is -0.0592. The van der Waals surface area contributed by atoms with Crippen LogP contribution in [0, 0.1) is 5.82 Å². The lowest BCUT2D eigenvalue weighted by atomic mass is 9.91. The van der Waals surface area contributed by atoms with E-state index < -0.39 is 17.7 Å². The Morgan fingerprint density at radius 2 is 1.91 bits per heavy atom. The molecule has 0 bridgehead atoms. The van der Waals surface area contributed by atoms with Gasteiger partial charge in [0.05, 0.1) is 20.1 Å². The molecule has 0 heterocycles. The van der Waals surface area contributed by atoms with Crippen molar-refractivity contribution in [3.05, 3.63) is 58.4 Å². The van der Waals surface area contributed by atoms with E-state index in [1.165, 1.54) is 32.4 Å². The molecule has 0 fully saturated rings. The number of hydrogen-bond acceptors (Lipinski definition) is 3. The summed E-state index contributed by atoms with van der Waals surface area (Å²) in [5.41, 5.74) is 0.658. The lowest BCUT2D eigenvalue weighted by Crippen LogP contribution is -2.15. The van der Waals surface area contributed by atoms with Crippen molar-refractivity contribution >= 4 is 17.6 Å². The van der Waals surface area contributed by atoms with Crippen molar-refractivity contribution in [3.63, 3.8) is 0 Å². The number of carboxylic acids is 1. The van der Waals surface area contributed by atoms with Crippen molar-refractivity contribution in [1.82, 2.24) is 0 Å². The normalized spacial score (nSPS) is 11.8. The standard InChI is InChI=1S/C17H16ClFO4/c1-22-15-7-6-10(8-16(15)23-2)11(17(20)21)9-12-13(18)4-3-5-14(12)19/h3-8,11H,9H2,1-2H3,(H,20,21). The van der Waals surface area contributed by atoms with Crippen LogP contribution in [0.25, 0.3) is 0 Å². The van der Waals surface area contributed by atoms with Gasteiger partial charge in [0, 0.05) is 10.6 Å². The van der Waals surface area contributed by atoms with Gasteiger partial charge >= 0.3 is 5.97 Å². The number of carboxylic acid groups (broad SMARTS) is 1. The number of halogens is 2. The zero-order valence-corrected chi connectivity index (χ0v) is 13.4. The summed E-state index contributed by atoms with van der Waals surface area (Å²) in [6.45, 7) is 0. The topological polar surface area (TPSA) is 55.8 Å². The molecule has 23 heavy (non-hydrogen) atoms. The molecule has 0 spiro atoms. The molecule has 0 aromatic heterocycles. The second kappa shape index (κ2) is 7.33. The third kappa shape index (κ3) is 3.74. The van der Waals surface area contributed by atoms with E-state index in [2.05, 4.69) is 0 Å². The van der Waals surface area contributed by atoms with Gasteiger partial charge in [-0.3, -0.25) is 4.79 Å². The quantitative estimate of drug-likeness (QED) is 0.867. The lowest BCUT2D eigenvalue weighted by molar-refractivity contribution is -0.138. The van der Waals surface area contributed by atoms with Crippen LogP contribution in [0.4, 0.5) is 4.39 Å². The zero-order chi connectivity index (χ0) is 17.0. The van der Waals surface area contributed by atoms with Gasteiger partial charge in [-0.1, -0.05) is 23.7 Å². The van der Waals surface area contributed by atoms with Gasteiger partial charge in [0.25, 0.3) is 0 Å². The summed E-state index contributed by atoms with van der Waals surface area (Å²) in [5, 5.41) is 9.73. The fourth-order valence-electron chi connectivity index (χ4n) is 2.35. The van der Waals surface area contributed by atoms with Gasteiger partial charge in [0.2, 0.25) is 0 Å². The lowest BCUT2D eigenvalue weighted by Gasteiger charge is -2.16. The summed E-state index contributed by atoms with van der Waals surface area (Å²) in [7, 11) is 2.95.